The molecule has 3 aromatic rings. The Morgan fingerprint density at radius 2 is 1.89 bits per heavy atom. The second kappa shape index (κ2) is 4.43. The molecule has 0 aliphatic rings. The van der Waals surface area contributed by atoms with E-state index in [1.165, 1.54) is 12.4 Å². The zero-order chi connectivity index (χ0) is 13.4. The van der Waals surface area contributed by atoms with Gasteiger partial charge in [0.05, 0.1) is 6.33 Å². The fourth-order valence-electron chi connectivity index (χ4n) is 1.63. The fourth-order valence-corrected chi connectivity index (χ4v) is 1.80. The molecule has 0 amide bonds. The number of rotatable bonds is 2. The van der Waals surface area contributed by atoms with Gasteiger partial charge in [-0.15, -0.1) is 0 Å². The maximum absolute atomic E-state index is 13.6. The molecule has 0 atom stereocenters. The van der Waals surface area contributed by atoms with Gasteiger partial charge in [-0.1, -0.05) is 6.07 Å². The van der Waals surface area contributed by atoms with Crippen molar-refractivity contribution < 1.29 is 8.78 Å². The minimum atomic E-state index is -0.734. The summed E-state index contributed by atoms with van der Waals surface area (Å²) in [5.41, 5.74) is 0.402. The number of anilines is 2. The minimum Gasteiger partial charge on any atom is -0.340 e. The number of hydrogen-bond acceptors (Lipinski definition) is 4. The van der Waals surface area contributed by atoms with Gasteiger partial charge in [0.15, 0.2) is 11.5 Å². The van der Waals surface area contributed by atoms with Crippen LogP contribution in [-0.2, 0) is 0 Å². The number of benzene rings is 1. The van der Waals surface area contributed by atoms with E-state index in [9.17, 15) is 8.78 Å². The van der Waals surface area contributed by atoms with Crippen LogP contribution < -0.4 is 5.32 Å². The van der Waals surface area contributed by atoms with Crippen LogP contribution in [0.1, 0.15) is 0 Å². The van der Waals surface area contributed by atoms with E-state index in [1.54, 1.807) is 0 Å². The number of hydrogen-bond donors (Lipinski definition) is 2. The van der Waals surface area contributed by atoms with Crippen molar-refractivity contribution in [2.24, 2.45) is 0 Å². The van der Waals surface area contributed by atoms with Crippen molar-refractivity contribution in [3.63, 3.8) is 0 Å². The number of aromatic amines is 1. The summed E-state index contributed by atoms with van der Waals surface area (Å²) in [7, 11) is 0. The zero-order valence-corrected chi connectivity index (χ0v) is 10.0. The molecule has 2 heterocycles. The van der Waals surface area contributed by atoms with Crippen LogP contribution in [0, 0.1) is 11.6 Å². The second-order valence-electron chi connectivity index (χ2n) is 3.66. The lowest BCUT2D eigenvalue weighted by Crippen LogP contribution is -2.01. The van der Waals surface area contributed by atoms with Gasteiger partial charge in [0.25, 0.3) is 0 Å². The van der Waals surface area contributed by atoms with Crippen LogP contribution in [0.5, 0.6) is 0 Å². The first-order chi connectivity index (χ1) is 9.15. The molecule has 19 heavy (non-hydrogen) atoms. The highest BCUT2D eigenvalue weighted by Crippen LogP contribution is 2.26. The summed E-state index contributed by atoms with van der Waals surface area (Å²) in [4.78, 5) is 14.4. The van der Waals surface area contributed by atoms with Crippen molar-refractivity contribution in [1.82, 2.24) is 19.9 Å². The van der Waals surface area contributed by atoms with E-state index in [4.69, 9.17) is 11.6 Å². The first-order valence-corrected chi connectivity index (χ1v) is 5.60. The van der Waals surface area contributed by atoms with Gasteiger partial charge in [-0.05, 0) is 23.7 Å². The molecule has 0 spiro atoms. The third-order valence-corrected chi connectivity index (χ3v) is 2.63. The van der Waals surface area contributed by atoms with Crippen molar-refractivity contribution in [3.05, 3.63) is 41.4 Å². The monoisotopic (exact) mass is 281 g/mol. The van der Waals surface area contributed by atoms with Gasteiger partial charge in [0.1, 0.15) is 22.8 Å². The van der Waals surface area contributed by atoms with Gasteiger partial charge >= 0.3 is 0 Å². The van der Waals surface area contributed by atoms with Crippen LogP contribution in [0.15, 0.2) is 24.5 Å². The summed E-state index contributed by atoms with van der Waals surface area (Å²) in [6.45, 7) is 0. The molecule has 96 valence electrons. The SMILES string of the molecule is Fc1cccc(F)c1Nc1nc(Cl)nc2nc[nH]c12. The summed E-state index contributed by atoms with van der Waals surface area (Å²) in [6, 6.07) is 3.55. The molecule has 0 radical (unpaired) electrons. The number of halogens is 3. The first kappa shape index (κ1) is 11.8. The predicted octanol–water partition coefficient (Wildman–Crippen LogP) is 3.03. The number of para-hydroxylation sites is 1. The predicted molar refractivity (Wildman–Crippen MR) is 66.3 cm³/mol. The van der Waals surface area contributed by atoms with E-state index in [0.29, 0.717) is 11.2 Å². The van der Waals surface area contributed by atoms with Crippen molar-refractivity contribution in [2.75, 3.05) is 5.32 Å². The summed E-state index contributed by atoms with van der Waals surface area (Å²) < 4.78 is 27.1. The third kappa shape index (κ3) is 2.08. The second-order valence-corrected chi connectivity index (χ2v) is 4.00. The van der Waals surface area contributed by atoms with Crippen LogP contribution in [0.2, 0.25) is 5.28 Å². The van der Waals surface area contributed by atoms with E-state index < -0.39 is 11.6 Å². The molecule has 3 rings (SSSR count). The summed E-state index contributed by atoms with van der Waals surface area (Å²) in [6.07, 6.45) is 1.39. The van der Waals surface area contributed by atoms with E-state index in [0.717, 1.165) is 12.1 Å². The van der Waals surface area contributed by atoms with Crippen molar-refractivity contribution >= 4 is 34.3 Å². The smallest absolute Gasteiger partial charge is 0.226 e. The molecule has 0 bridgehead atoms. The van der Waals surface area contributed by atoms with Gasteiger partial charge in [-0.2, -0.15) is 9.97 Å². The quantitative estimate of drug-likeness (QED) is 0.709. The van der Waals surface area contributed by atoms with Gasteiger partial charge in [0.2, 0.25) is 5.28 Å². The molecule has 5 nitrogen and oxygen atoms in total. The maximum atomic E-state index is 13.6. The Hall–Kier alpha value is -2.28. The van der Waals surface area contributed by atoms with Crippen molar-refractivity contribution in [2.45, 2.75) is 0 Å². The average molecular weight is 282 g/mol. The topological polar surface area (TPSA) is 66.5 Å². The van der Waals surface area contributed by atoms with E-state index >= 15 is 0 Å². The van der Waals surface area contributed by atoms with Gasteiger partial charge in [-0.25, -0.2) is 13.8 Å². The number of nitrogens with one attached hydrogen (secondary N) is 2. The molecule has 0 saturated carbocycles. The Morgan fingerprint density at radius 1 is 1.16 bits per heavy atom. The molecule has 0 aliphatic heterocycles. The highest BCUT2D eigenvalue weighted by molar-refractivity contribution is 6.28. The number of imidazole rings is 1. The largest absolute Gasteiger partial charge is 0.340 e. The van der Waals surface area contributed by atoms with Crippen LogP contribution in [-0.4, -0.2) is 19.9 Å². The summed E-state index contributed by atoms with van der Waals surface area (Å²) >= 11 is 5.72. The van der Waals surface area contributed by atoms with Crippen LogP contribution >= 0.6 is 11.6 Å². The van der Waals surface area contributed by atoms with Crippen LogP contribution in [0.4, 0.5) is 20.3 Å². The molecule has 1 aromatic carbocycles. The van der Waals surface area contributed by atoms with Crippen molar-refractivity contribution in [1.29, 1.82) is 0 Å². The van der Waals surface area contributed by atoms with Crippen LogP contribution in [0.25, 0.3) is 11.2 Å². The maximum Gasteiger partial charge on any atom is 0.226 e. The number of aromatic nitrogens is 4. The summed E-state index contributed by atoms with van der Waals surface area (Å²) in [5, 5.41) is 2.48. The fraction of sp³-hybridized carbons (Fsp3) is 0. The van der Waals surface area contributed by atoms with Crippen LogP contribution in [0.3, 0.4) is 0 Å². The Kier molecular flexibility index (Phi) is 2.75. The number of H-pyrrole nitrogens is 1. The normalized spacial score (nSPS) is 10.9. The van der Waals surface area contributed by atoms with Crippen molar-refractivity contribution in [3.8, 4) is 0 Å². The number of nitrogens with zero attached hydrogens (tertiary/aromatic N) is 3. The molecule has 2 aromatic heterocycles. The molecular weight excluding hydrogens is 276 g/mol. The lowest BCUT2D eigenvalue weighted by atomic mass is 10.3. The average Bonchev–Trinajstić information content (AvgIpc) is 2.81. The van der Waals surface area contributed by atoms with Gasteiger partial charge in [-0.3, -0.25) is 0 Å². The third-order valence-electron chi connectivity index (χ3n) is 2.46. The number of fused-ring (bicyclic) bond motifs is 1. The molecule has 0 unspecified atom stereocenters. The first-order valence-electron chi connectivity index (χ1n) is 5.23. The molecule has 0 fully saturated rings. The molecule has 0 aliphatic carbocycles. The zero-order valence-electron chi connectivity index (χ0n) is 9.28. The van der Waals surface area contributed by atoms with E-state index in [-0.39, 0.29) is 16.8 Å². The highest BCUT2D eigenvalue weighted by Gasteiger charge is 2.13. The Labute approximate surface area is 110 Å². The lowest BCUT2D eigenvalue weighted by molar-refractivity contribution is 0.590. The minimum absolute atomic E-state index is 0.0705. The molecule has 8 heteroatoms. The Bertz CT molecular complexity index is 738. The molecule has 2 N–H and O–H groups in total. The van der Waals surface area contributed by atoms with Gasteiger partial charge < -0.3 is 10.3 Å². The Morgan fingerprint density at radius 3 is 2.63 bits per heavy atom. The molecule has 0 saturated heterocycles. The van der Waals surface area contributed by atoms with Gasteiger partial charge in [0, 0.05) is 0 Å². The highest BCUT2D eigenvalue weighted by atomic mass is 35.5. The Balaban J connectivity index is 2.13. The lowest BCUT2D eigenvalue weighted by Gasteiger charge is -2.08. The standard InChI is InChI=1S/C11H6ClF2N5/c12-11-18-9-8(15-4-16-9)10(19-11)17-7-5(13)2-1-3-6(7)14/h1-4H,(H2,15,16,17,18,19). The van der Waals surface area contributed by atoms with E-state index in [1.807, 2.05) is 0 Å². The van der Waals surface area contributed by atoms with E-state index in [2.05, 4.69) is 25.3 Å². The molecular formula is C11H6ClF2N5. The summed E-state index contributed by atoms with van der Waals surface area (Å²) in [5.74, 6) is -1.32.